The number of aromatic nitrogens is 4. The zero-order chi connectivity index (χ0) is 27.8. The Balaban J connectivity index is 1.46. The van der Waals surface area contributed by atoms with Crippen LogP contribution in [0.5, 0.6) is 0 Å². The van der Waals surface area contributed by atoms with Crippen molar-refractivity contribution in [2.75, 3.05) is 18.4 Å². The molecular weight excluding hydrogens is 496 g/mol. The molecule has 204 valence electrons. The van der Waals surface area contributed by atoms with Crippen molar-refractivity contribution in [1.82, 2.24) is 23.6 Å². The molecule has 39 heavy (non-hydrogen) atoms. The van der Waals surface area contributed by atoms with Gasteiger partial charge in [-0.05, 0) is 57.9 Å². The topological polar surface area (TPSA) is 111 Å². The number of carbonyl (C=O) groups excluding carboxylic acids is 2. The van der Waals surface area contributed by atoms with Crippen LogP contribution in [0.15, 0.2) is 46.2 Å². The number of hydrogen-bond donors (Lipinski definition) is 1. The van der Waals surface area contributed by atoms with E-state index in [1.54, 1.807) is 44.0 Å². The zero-order valence-corrected chi connectivity index (χ0v) is 22.9. The normalized spacial score (nSPS) is 14.3. The van der Waals surface area contributed by atoms with Crippen LogP contribution in [0.4, 0.5) is 5.69 Å². The number of piperidine rings is 1. The maximum absolute atomic E-state index is 13.8. The minimum atomic E-state index is -0.208. The number of fused-ring (bicyclic) bond motifs is 2. The third kappa shape index (κ3) is 4.64. The van der Waals surface area contributed by atoms with E-state index in [9.17, 15) is 19.2 Å². The standard InChI is InChI=1S/C29H34N6O4/c1-5-26(36)31-23-16-25-24(33(6-2)29(39)34(25)7-3)15-21(23)27(37)32-12-10-19(11-13-32)35-17-30-22-9-8-18(4)14-20(22)28(35)38/h8-9,14-17,19H,5-7,10-13H2,1-4H3,(H,31,36). The molecule has 2 aromatic carbocycles. The van der Waals surface area contributed by atoms with E-state index in [4.69, 9.17) is 0 Å². The monoisotopic (exact) mass is 530 g/mol. The molecule has 2 amide bonds. The third-order valence-electron chi connectivity index (χ3n) is 7.70. The summed E-state index contributed by atoms with van der Waals surface area (Å²) in [5.41, 5.74) is 3.59. The van der Waals surface area contributed by atoms with Crippen LogP contribution in [0.25, 0.3) is 21.9 Å². The summed E-state index contributed by atoms with van der Waals surface area (Å²) >= 11 is 0. The molecule has 1 aliphatic rings. The maximum Gasteiger partial charge on any atom is 0.329 e. The van der Waals surface area contributed by atoms with Crippen molar-refractivity contribution >= 4 is 39.4 Å². The number of hydrogen-bond acceptors (Lipinski definition) is 5. The number of nitrogens with zero attached hydrogens (tertiary/aromatic N) is 5. The van der Waals surface area contributed by atoms with Crippen molar-refractivity contribution in [3.05, 3.63) is 68.6 Å². The highest BCUT2D eigenvalue weighted by molar-refractivity contribution is 6.07. The molecule has 1 saturated heterocycles. The summed E-state index contributed by atoms with van der Waals surface area (Å²) in [6.07, 6.45) is 3.09. The SMILES string of the molecule is CCC(=O)Nc1cc2c(cc1C(=O)N1CCC(n3cnc4ccc(C)cc4c3=O)CC1)n(CC)c(=O)n2CC. The minimum absolute atomic E-state index is 0.0652. The Bertz CT molecular complexity index is 1710. The largest absolute Gasteiger partial charge is 0.338 e. The number of imidazole rings is 1. The first kappa shape index (κ1) is 26.4. The second kappa shape index (κ2) is 10.5. The van der Waals surface area contributed by atoms with Gasteiger partial charge in [-0.2, -0.15) is 0 Å². The van der Waals surface area contributed by atoms with Crippen LogP contribution in [-0.4, -0.2) is 48.5 Å². The number of aryl methyl sites for hydroxylation is 3. The van der Waals surface area contributed by atoms with E-state index in [2.05, 4.69) is 10.3 Å². The second-order valence-electron chi connectivity index (χ2n) is 10.1. The van der Waals surface area contributed by atoms with E-state index >= 15 is 0 Å². The Morgan fingerprint density at radius 2 is 1.64 bits per heavy atom. The first-order chi connectivity index (χ1) is 18.8. The van der Waals surface area contributed by atoms with Gasteiger partial charge in [0.25, 0.3) is 11.5 Å². The number of carbonyl (C=O) groups is 2. The Labute approximate surface area is 225 Å². The Morgan fingerprint density at radius 1 is 0.974 bits per heavy atom. The minimum Gasteiger partial charge on any atom is -0.338 e. The van der Waals surface area contributed by atoms with Gasteiger partial charge in [-0.25, -0.2) is 9.78 Å². The van der Waals surface area contributed by atoms with Gasteiger partial charge in [0, 0.05) is 38.6 Å². The van der Waals surface area contributed by atoms with Crippen LogP contribution in [0.2, 0.25) is 0 Å². The van der Waals surface area contributed by atoms with Crippen LogP contribution >= 0.6 is 0 Å². The van der Waals surface area contributed by atoms with Crippen LogP contribution in [-0.2, 0) is 17.9 Å². The number of rotatable bonds is 6. The molecule has 2 aromatic heterocycles. The van der Waals surface area contributed by atoms with E-state index in [-0.39, 0.29) is 35.5 Å². The van der Waals surface area contributed by atoms with Gasteiger partial charge in [-0.1, -0.05) is 18.6 Å². The molecule has 1 aliphatic heterocycles. The fourth-order valence-electron chi connectivity index (χ4n) is 5.52. The summed E-state index contributed by atoms with van der Waals surface area (Å²) in [6.45, 7) is 9.35. The highest BCUT2D eigenvalue weighted by Crippen LogP contribution is 2.29. The maximum atomic E-state index is 13.8. The fourth-order valence-corrected chi connectivity index (χ4v) is 5.52. The number of anilines is 1. The van der Waals surface area contributed by atoms with Crippen molar-refractivity contribution in [2.24, 2.45) is 0 Å². The van der Waals surface area contributed by atoms with E-state index in [0.29, 0.717) is 72.2 Å². The summed E-state index contributed by atoms with van der Waals surface area (Å²) in [4.78, 5) is 58.5. The lowest BCUT2D eigenvalue weighted by molar-refractivity contribution is -0.115. The molecule has 0 spiro atoms. The van der Waals surface area contributed by atoms with Crippen LogP contribution in [0, 0.1) is 6.92 Å². The lowest BCUT2D eigenvalue weighted by atomic mass is 10.0. The summed E-state index contributed by atoms with van der Waals surface area (Å²) in [5.74, 6) is -0.415. The first-order valence-corrected chi connectivity index (χ1v) is 13.6. The van der Waals surface area contributed by atoms with Crippen molar-refractivity contribution in [3.63, 3.8) is 0 Å². The number of amides is 2. The van der Waals surface area contributed by atoms with E-state index in [1.807, 2.05) is 39.0 Å². The molecule has 0 aliphatic carbocycles. The summed E-state index contributed by atoms with van der Waals surface area (Å²) in [5, 5.41) is 3.47. The molecule has 1 N–H and O–H groups in total. The van der Waals surface area contributed by atoms with Gasteiger partial charge < -0.3 is 10.2 Å². The quantitative estimate of drug-likeness (QED) is 0.409. The average molecular weight is 531 g/mol. The molecule has 4 aromatic rings. The van der Waals surface area contributed by atoms with Gasteiger partial charge in [0.05, 0.1) is 39.5 Å². The lowest BCUT2D eigenvalue weighted by Crippen LogP contribution is -2.41. The van der Waals surface area contributed by atoms with Crippen molar-refractivity contribution in [2.45, 2.75) is 66.1 Å². The molecule has 10 nitrogen and oxygen atoms in total. The lowest BCUT2D eigenvalue weighted by Gasteiger charge is -2.33. The predicted molar refractivity (Wildman–Crippen MR) is 151 cm³/mol. The predicted octanol–water partition coefficient (Wildman–Crippen LogP) is 3.69. The van der Waals surface area contributed by atoms with Crippen molar-refractivity contribution in [3.8, 4) is 0 Å². The van der Waals surface area contributed by atoms with Gasteiger partial charge >= 0.3 is 5.69 Å². The van der Waals surface area contributed by atoms with E-state index < -0.39 is 0 Å². The Kier molecular flexibility index (Phi) is 7.12. The second-order valence-corrected chi connectivity index (χ2v) is 10.1. The molecule has 0 radical (unpaired) electrons. The fraction of sp³-hybridized carbons (Fsp3) is 0.414. The third-order valence-corrected chi connectivity index (χ3v) is 7.70. The van der Waals surface area contributed by atoms with E-state index in [1.165, 1.54) is 0 Å². The highest BCUT2D eigenvalue weighted by atomic mass is 16.2. The summed E-state index contributed by atoms with van der Waals surface area (Å²) in [7, 11) is 0. The van der Waals surface area contributed by atoms with E-state index in [0.717, 1.165) is 5.56 Å². The molecule has 5 rings (SSSR count). The zero-order valence-electron chi connectivity index (χ0n) is 22.9. The molecule has 0 unspecified atom stereocenters. The molecule has 3 heterocycles. The highest BCUT2D eigenvalue weighted by Gasteiger charge is 2.28. The molecule has 1 fully saturated rings. The average Bonchev–Trinajstić information content (AvgIpc) is 3.21. The number of likely N-dealkylation sites (tertiary alicyclic amines) is 1. The number of nitrogens with one attached hydrogen (secondary N) is 1. The Morgan fingerprint density at radius 3 is 2.28 bits per heavy atom. The van der Waals surface area contributed by atoms with Crippen molar-refractivity contribution < 1.29 is 9.59 Å². The summed E-state index contributed by atoms with van der Waals surface area (Å²) < 4.78 is 4.99. The van der Waals surface area contributed by atoms with Gasteiger partial charge in [-0.15, -0.1) is 0 Å². The first-order valence-electron chi connectivity index (χ1n) is 13.6. The van der Waals surface area contributed by atoms with Crippen LogP contribution in [0.1, 0.15) is 62.0 Å². The van der Waals surface area contributed by atoms with Crippen LogP contribution in [0.3, 0.4) is 0 Å². The van der Waals surface area contributed by atoms with Gasteiger partial charge in [0.1, 0.15) is 0 Å². The van der Waals surface area contributed by atoms with Gasteiger partial charge in [0.15, 0.2) is 0 Å². The molecular formula is C29H34N6O4. The molecule has 0 saturated carbocycles. The van der Waals surface area contributed by atoms with Crippen molar-refractivity contribution in [1.29, 1.82) is 0 Å². The summed E-state index contributed by atoms with van der Waals surface area (Å²) in [6, 6.07) is 9.06. The van der Waals surface area contributed by atoms with Crippen LogP contribution < -0.4 is 16.6 Å². The molecule has 10 heteroatoms. The molecule has 0 atom stereocenters. The molecule has 0 bridgehead atoms. The van der Waals surface area contributed by atoms with Gasteiger partial charge in [-0.3, -0.25) is 28.1 Å². The number of benzene rings is 2. The smallest absolute Gasteiger partial charge is 0.329 e. The Hall–Kier alpha value is -4.21. The van der Waals surface area contributed by atoms with Gasteiger partial charge in [0.2, 0.25) is 5.91 Å².